The van der Waals surface area contributed by atoms with Gasteiger partial charge < -0.3 is 19.5 Å². The van der Waals surface area contributed by atoms with E-state index < -0.39 is 11.3 Å². The van der Waals surface area contributed by atoms with Crippen LogP contribution in [0.25, 0.3) is 11.2 Å². The lowest BCUT2D eigenvalue weighted by molar-refractivity contribution is -0.118. The van der Waals surface area contributed by atoms with Crippen molar-refractivity contribution in [3.63, 3.8) is 0 Å². The molecule has 1 saturated carbocycles. The van der Waals surface area contributed by atoms with Crippen LogP contribution in [0.1, 0.15) is 90.7 Å². The highest BCUT2D eigenvalue weighted by Gasteiger charge is 2.32. The first-order valence-electron chi connectivity index (χ1n) is 16.0. The number of pyridine rings is 1. The number of hydrogen-bond acceptors (Lipinski definition) is 8. The molecule has 248 valence electrons. The van der Waals surface area contributed by atoms with Gasteiger partial charge in [0.2, 0.25) is 5.43 Å². The number of Topliss-reactive ketones (excluding diaryl/α,β-unsaturated/α-hetero) is 1. The minimum Gasteiger partial charge on any atom is -0.483 e. The van der Waals surface area contributed by atoms with Gasteiger partial charge in [0, 0.05) is 49.4 Å². The van der Waals surface area contributed by atoms with Gasteiger partial charge in [-0.2, -0.15) is 0 Å². The molecule has 1 aliphatic carbocycles. The van der Waals surface area contributed by atoms with Gasteiger partial charge in [0.25, 0.3) is 11.8 Å². The number of nitrogens with one attached hydrogen (secondary N) is 1. The molecule has 0 spiro atoms. The van der Waals surface area contributed by atoms with Crippen LogP contribution in [-0.2, 0) is 24.4 Å². The first-order valence-corrected chi connectivity index (χ1v) is 16.6. The van der Waals surface area contributed by atoms with Gasteiger partial charge in [-0.3, -0.25) is 19.2 Å². The fraction of sp³-hybridized carbons (Fsp3) is 0.412. The Labute approximate surface area is 277 Å². The highest BCUT2D eigenvalue weighted by molar-refractivity contribution is 7.92. The summed E-state index contributed by atoms with van der Waals surface area (Å²) >= 11 is -0.0832. The lowest BCUT2D eigenvalue weighted by Crippen LogP contribution is -2.46. The summed E-state index contributed by atoms with van der Waals surface area (Å²) in [5, 5.41) is 2.62. The molecule has 13 heteroatoms. The number of carbonyl (C=O) groups excluding carboxylic acids is 3. The Balaban J connectivity index is 0.00000213. The van der Waals surface area contributed by atoms with E-state index in [1.807, 2.05) is 58.0 Å². The molecule has 1 aliphatic heterocycles. The van der Waals surface area contributed by atoms with E-state index in [9.17, 15) is 23.1 Å². The van der Waals surface area contributed by atoms with Crippen molar-refractivity contribution in [1.29, 1.82) is 0 Å². The Bertz CT molecular complexity index is 1840. The van der Waals surface area contributed by atoms with Gasteiger partial charge in [-0.1, -0.05) is 44.2 Å². The number of fused-ring (bicyclic) bond motifs is 2. The highest BCUT2D eigenvalue weighted by Crippen LogP contribution is 2.39. The number of halogens is 1. The Kier molecular flexibility index (Phi) is 10.7. The number of aryl methyl sites for hydroxylation is 1. The molecule has 1 aromatic carbocycles. The van der Waals surface area contributed by atoms with Gasteiger partial charge in [0.05, 0.1) is 24.0 Å². The summed E-state index contributed by atoms with van der Waals surface area (Å²) in [7, 11) is 0. The average Bonchev–Trinajstić information content (AvgIpc) is 3.87. The Morgan fingerprint density at radius 2 is 1.87 bits per heavy atom. The monoisotopic (exact) mass is 662 g/mol. The number of ether oxygens (including phenoxy) is 1. The third-order valence-electron chi connectivity index (χ3n) is 8.13. The molecule has 0 bridgehead atoms. The number of nitrogens with zero attached hydrogens (tertiary/aromatic N) is 5. The van der Waals surface area contributed by atoms with E-state index >= 15 is 0 Å². The van der Waals surface area contributed by atoms with Gasteiger partial charge in [0.15, 0.2) is 35.2 Å². The predicted molar refractivity (Wildman–Crippen MR) is 178 cm³/mol. The van der Waals surface area contributed by atoms with Crippen LogP contribution in [0.3, 0.4) is 0 Å². The Hall–Kier alpha value is -4.52. The first-order chi connectivity index (χ1) is 22.7. The normalized spacial score (nSPS) is 14.1. The van der Waals surface area contributed by atoms with Crippen LogP contribution in [-0.4, -0.2) is 60.1 Å². The maximum Gasteiger partial charge on any atom is 0.274 e. The second kappa shape index (κ2) is 14.9. The quantitative estimate of drug-likeness (QED) is 0.218. The summed E-state index contributed by atoms with van der Waals surface area (Å²) < 4.78 is 22.4. The third kappa shape index (κ3) is 7.40. The van der Waals surface area contributed by atoms with Crippen molar-refractivity contribution < 1.29 is 23.0 Å². The molecule has 4 aromatic rings. The van der Waals surface area contributed by atoms with Crippen LogP contribution >= 0.6 is 12.3 Å². The topological polar surface area (TPSA) is 128 Å². The number of amides is 2. The predicted octanol–water partition coefficient (Wildman–Crippen LogP) is 5.25. The van der Waals surface area contributed by atoms with E-state index in [0.29, 0.717) is 24.7 Å². The van der Waals surface area contributed by atoms with Gasteiger partial charge in [-0.05, 0) is 38.7 Å². The molecule has 3 aromatic heterocycles. The molecule has 0 radical (unpaired) electrons. The van der Waals surface area contributed by atoms with Crippen LogP contribution in [0.15, 0.2) is 53.6 Å². The Morgan fingerprint density at radius 3 is 2.55 bits per heavy atom. The minimum atomic E-state index is -0.559. The van der Waals surface area contributed by atoms with Crippen LogP contribution in [0.5, 0.6) is 5.75 Å². The van der Waals surface area contributed by atoms with Crippen LogP contribution < -0.4 is 15.5 Å². The van der Waals surface area contributed by atoms with Crippen molar-refractivity contribution in [2.24, 2.45) is 0 Å². The summed E-state index contributed by atoms with van der Waals surface area (Å²) in [4.78, 5) is 63.4. The average molecular weight is 663 g/mol. The number of rotatable bonds is 12. The largest absolute Gasteiger partial charge is 0.483 e. The van der Waals surface area contributed by atoms with Gasteiger partial charge in [0.1, 0.15) is 12.1 Å². The van der Waals surface area contributed by atoms with E-state index in [4.69, 9.17) is 4.74 Å². The molecular weight excluding hydrogens is 623 g/mol. The molecule has 0 saturated heterocycles. The van der Waals surface area contributed by atoms with Crippen LogP contribution in [0.2, 0.25) is 0 Å². The number of ketones is 1. The van der Waals surface area contributed by atoms with Crippen LogP contribution in [0, 0.1) is 0 Å². The molecular formula is C34H39FN6O5S. The third-order valence-corrected chi connectivity index (χ3v) is 8.56. The molecule has 1 fully saturated rings. The summed E-state index contributed by atoms with van der Waals surface area (Å²) in [6.07, 6.45) is 5.15. The number of aromatic nitrogens is 4. The minimum absolute atomic E-state index is 0.00455. The molecule has 0 atom stereocenters. The second-order valence-electron chi connectivity index (χ2n) is 11.6. The zero-order valence-corrected chi connectivity index (χ0v) is 27.8. The molecule has 0 unspecified atom stereocenters. The zero-order chi connectivity index (χ0) is 33.7. The maximum absolute atomic E-state index is 13.6. The van der Waals surface area contributed by atoms with Crippen molar-refractivity contribution >= 4 is 41.1 Å². The molecule has 4 heterocycles. The number of benzene rings is 1. The molecule has 2 amide bonds. The van der Waals surface area contributed by atoms with E-state index in [2.05, 4.69) is 15.3 Å². The van der Waals surface area contributed by atoms with Crippen molar-refractivity contribution in [3.05, 3.63) is 87.2 Å². The standard InChI is InChI=1S/C32H33FN6O5S.C2H6/c1-19(2)37-12-13-38-22(14-26(41)29(28(38)32(37)43)44-18-20-6-4-3-5-7-20)10-11-23(40)15-35-31(42)24-17-39(45-33)30-27(24)36-25(16-34-30)21-8-9-21;1-2/h3-7,14,16-17,19,21H,8-13,15,18H2,1-2H3,(H,35,42);1-2H3. The summed E-state index contributed by atoms with van der Waals surface area (Å²) in [6, 6.07) is 10.7. The molecule has 1 N–H and O–H groups in total. The molecule has 47 heavy (non-hydrogen) atoms. The van der Waals surface area contributed by atoms with Crippen molar-refractivity contribution in [1.82, 2.24) is 28.7 Å². The summed E-state index contributed by atoms with van der Waals surface area (Å²) in [6.45, 7) is 8.60. The number of carbonyl (C=O) groups is 3. The van der Waals surface area contributed by atoms with Crippen molar-refractivity contribution in [2.45, 2.75) is 78.5 Å². The SMILES string of the molecule is CC.CC(C)N1CCn2c(CCC(=O)CNC(=O)c3cn(SF)c4ncc(C5CC5)nc34)cc(=O)c(OCc3ccccc3)c2C1=O. The van der Waals surface area contributed by atoms with Crippen molar-refractivity contribution in [2.75, 3.05) is 13.1 Å². The molecule has 11 nitrogen and oxygen atoms in total. The Morgan fingerprint density at radius 1 is 1.13 bits per heavy atom. The first kappa shape index (κ1) is 33.8. The van der Waals surface area contributed by atoms with E-state index in [0.717, 1.165) is 28.1 Å². The zero-order valence-electron chi connectivity index (χ0n) is 27.0. The van der Waals surface area contributed by atoms with E-state index in [1.54, 1.807) is 15.7 Å². The number of hydrogen-bond donors (Lipinski definition) is 1. The van der Waals surface area contributed by atoms with Crippen LogP contribution in [0.4, 0.5) is 3.89 Å². The smallest absolute Gasteiger partial charge is 0.274 e. The molecule has 6 rings (SSSR count). The maximum atomic E-state index is 13.6. The van der Waals surface area contributed by atoms with E-state index in [-0.39, 0.29) is 84.2 Å². The van der Waals surface area contributed by atoms with Crippen molar-refractivity contribution in [3.8, 4) is 5.75 Å². The van der Waals surface area contributed by atoms with Gasteiger partial charge >= 0.3 is 0 Å². The van der Waals surface area contributed by atoms with Gasteiger partial charge in [-0.15, -0.1) is 3.89 Å². The second-order valence-corrected chi connectivity index (χ2v) is 12.1. The summed E-state index contributed by atoms with van der Waals surface area (Å²) in [5.41, 5.74) is 2.58. The lowest BCUT2D eigenvalue weighted by Gasteiger charge is -2.35. The highest BCUT2D eigenvalue weighted by atomic mass is 32.2. The molecule has 2 aliphatic rings. The summed E-state index contributed by atoms with van der Waals surface area (Å²) in [5.74, 6) is -0.831. The van der Waals surface area contributed by atoms with E-state index in [1.165, 1.54) is 12.3 Å². The lowest BCUT2D eigenvalue weighted by atomic mass is 10.1. The van der Waals surface area contributed by atoms with Gasteiger partial charge in [-0.25, -0.2) is 13.9 Å². The fourth-order valence-electron chi connectivity index (χ4n) is 5.56. The fourth-order valence-corrected chi connectivity index (χ4v) is 5.91.